The zero-order chi connectivity index (χ0) is 8.82. The number of allylic oxidation sites excluding steroid dienone is 1. The Bertz CT molecular complexity index is 229. The molecule has 2 rings (SSSR count). The number of methoxy groups -OCH3 is 1. The quantitative estimate of drug-likeness (QED) is 0.233. The number of fused-ring (bicyclic) bond motifs is 1. The summed E-state index contributed by atoms with van der Waals surface area (Å²) in [5, 5.41) is 0. The van der Waals surface area contributed by atoms with Gasteiger partial charge in [-0.15, -0.1) is 6.10 Å². The molecule has 0 aromatic rings. The largest absolute Gasteiger partial charge is 1.00 e. The molecule has 0 aromatic heterocycles. The molecule has 0 amide bonds. The van der Waals surface area contributed by atoms with E-state index in [0.717, 1.165) is 18.9 Å². The molecule has 1 saturated carbocycles. The van der Waals surface area contributed by atoms with Crippen molar-refractivity contribution in [1.29, 1.82) is 0 Å². The fourth-order valence-corrected chi connectivity index (χ4v) is 2.13. The van der Waals surface area contributed by atoms with E-state index in [0.29, 0.717) is 0 Å². The van der Waals surface area contributed by atoms with E-state index >= 15 is 0 Å². The van der Waals surface area contributed by atoms with Crippen LogP contribution in [0.5, 0.6) is 0 Å². The molecular formula is C10H15LiO2. The van der Waals surface area contributed by atoms with Crippen molar-refractivity contribution in [3.05, 3.63) is 18.3 Å². The fourth-order valence-electron chi connectivity index (χ4n) is 2.13. The van der Waals surface area contributed by atoms with Crippen molar-refractivity contribution in [1.82, 2.24) is 0 Å². The Labute approximate surface area is 91.8 Å². The molecule has 0 radical (unpaired) electrons. The molecule has 1 aliphatic carbocycles. The molecule has 2 aliphatic rings. The summed E-state index contributed by atoms with van der Waals surface area (Å²) >= 11 is 0. The van der Waals surface area contributed by atoms with Gasteiger partial charge in [0.15, 0.2) is 0 Å². The predicted octanol–water partition coefficient (Wildman–Crippen LogP) is -0.934. The molecule has 0 bridgehead atoms. The average Bonchev–Trinajstić information content (AvgIpc) is 2.67. The summed E-state index contributed by atoms with van der Waals surface area (Å²) in [6, 6.07) is 0. The third kappa shape index (κ3) is 1.51. The molecule has 3 heteroatoms. The van der Waals surface area contributed by atoms with E-state index in [2.05, 4.69) is 13.0 Å². The molecule has 2 nitrogen and oxygen atoms in total. The van der Waals surface area contributed by atoms with Crippen molar-refractivity contribution < 1.29 is 28.3 Å². The molecule has 2 fully saturated rings. The van der Waals surface area contributed by atoms with Gasteiger partial charge in [0.05, 0.1) is 0 Å². The van der Waals surface area contributed by atoms with E-state index in [4.69, 9.17) is 9.47 Å². The first-order chi connectivity index (χ1) is 5.67. The zero-order valence-corrected chi connectivity index (χ0v) is 8.89. The van der Waals surface area contributed by atoms with Crippen molar-refractivity contribution in [2.24, 2.45) is 0 Å². The van der Waals surface area contributed by atoms with E-state index in [1.807, 2.05) is 13.0 Å². The van der Waals surface area contributed by atoms with Crippen LogP contribution in [0.2, 0.25) is 0 Å². The van der Waals surface area contributed by atoms with Crippen LogP contribution >= 0.6 is 0 Å². The summed E-state index contributed by atoms with van der Waals surface area (Å²) in [6.45, 7) is 4.14. The van der Waals surface area contributed by atoms with Gasteiger partial charge in [-0.2, -0.15) is 0 Å². The van der Waals surface area contributed by atoms with Gasteiger partial charge in [0.1, 0.15) is 0 Å². The molecule has 0 aromatic carbocycles. The number of ether oxygens (including phenoxy) is 2. The minimum Gasteiger partial charge on any atom is -0.561 e. The summed E-state index contributed by atoms with van der Waals surface area (Å²) in [6.07, 6.45) is 7.39. The summed E-state index contributed by atoms with van der Waals surface area (Å²) in [4.78, 5) is 0. The van der Waals surface area contributed by atoms with Crippen LogP contribution in [0.1, 0.15) is 26.7 Å². The zero-order valence-electron chi connectivity index (χ0n) is 8.89. The molecule has 0 N–H and O–H groups in total. The molecule has 13 heavy (non-hydrogen) atoms. The predicted molar refractivity (Wildman–Crippen MR) is 46.5 cm³/mol. The minimum absolute atomic E-state index is 0. The fraction of sp³-hybridized carbons (Fsp3) is 0.700. The summed E-state index contributed by atoms with van der Waals surface area (Å²) < 4.78 is 11.0. The van der Waals surface area contributed by atoms with Gasteiger partial charge in [0.25, 0.3) is 0 Å². The molecule has 0 spiro atoms. The normalized spacial score (nSPS) is 43.3. The van der Waals surface area contributed by atoms with E-state index in [9.17, 15) is 0 Å². The number of epoxide rings is 1. The van der Waals surface area contributed by atoms with Crippen LogP contribution in [-0.4, -0.2) is 18.3 Å². The van der Waals surface area contributed by atoms with Crippen LogP contribution in [0.15, 0.2) is 12.2 Å². The summed E-state index contributed by atoms with van der Waals surface area (Å²) in [7, 11) is 1.75. The van der Waals surface area contributed by atoms with Gasteiger partial charge in [-0.05, 0) is 18.9 Å². The molecular weight excluding hydrogens is 159 g/mol. The summed E-state index contributed by atoms with van der Waals surface area (Å²) in [5.74, 6) is 0. The van der Waals surface area contributed by atoms with E-state index < -0.39 is 0 Å². The van der Waals surface area contributed by atoms with Crippen LogP contribution < -0.4 is 18.9 Å². The van der Waals surface area contributed by atoms with Crippen LogP contribution in [0.4, 0.5) is 0 Å². The van der Waals surface area contributed by atoms with Crippen LogP contribution in [0, 0.1) is 6.10 Å². The monoisotopic (exact) mass is 174 g/mol. The van der Waals surface area contributed by atoms with Crippen molar-refractivity contribution in [3.63, 3.8) is 0 Å². The maximum absolute atomic E-state index is 5.54. The van der Waals surface area contributed by atoms with Gasteiger partial charge >= 0.3 is 18.9 Å². The number of hydrogen-bond donors (Lipinski definition) is 0. The Balaban J connectivity index is 0.000000845. The van der Waals surface area contributed by atoms with Crippen LogP contribution in [0.3, 0.4) is 0 Å². The first-order valence-electron chi connectivity index (χ1n) is 4.43. The smallest absolute Gasteiger partial charge is 0.561 e. The SMILES string of the molecule is C/C=C/[C@@]1(OC)CC[C@]2(C)O[C-]12.[Li+]. The second kappa shape index (κ2) is 3.44. The molecule has 0 unspecified atom stereocenters. The molecule has 1 heterocycles. The Morgan fingerprint density at radius 2 is 2.15 bits per heavy atom. The third-order valence-electron chi connectivity index (χ3n) is 2.92. The number of hydrogen-bond acceptors (Lipinski definition) is 2. The van der Waals surface area contributed by atoms with Gasteiger partial charge in [-0.3, -0.25) is 0 Å². The van der Waals surface area contributed by atoms with Crippen molar-refractivity contribution in [3.8, 4) is 0 Å². The van der Waals surface area contributed by atoms with Crippen LogP contribution in [0.25, 0.3) is 0 Å². The second-order valence-corrected chi connectivity index (χ2v) is 3.76. The molecule has 1 saturated heterocycles. The maximum Gasteiger partial charge on any atom is 1.00 e. The molecule has 1 aliphatic heterocycles. The number of rotatable bonds is 2. The maximum atomic E-state index is 5.54. The van der Waals surface area contributed by atoms with Gasteiger partial charge in [0.2, 0.25) is 0 Å². The first-order valence-corrected chi connectivity index (χ1v) is 4.43. The van der Waals surface area contributed by atoms with E-state index in [-0.39, 0.29) is 30.1 Å². The Kier molecular flexibility index (Phi) is 3.00. The molecule has 68 valence electrons. The van der Waals surface area contributed by atoms with Crippen molar-refractivity contribution in [2.45, 2.75) is 37.9 Å². The van der Waals surface area contributed by atoms with E-state index in [1.165, 1.54) is 0 Å². The minimum atomic E-state index is -0.205. The third-order valence-corrected chi connectivity index (χ3v) is 2.92. The van der Waals surface area contributed by atoms with Gasteiger partial charge < -0.3 is 9.47 Å². The summed E-state index contributed by atoms with van der Waals surface area (Å²) in [5.41, 5.74) is -0.168. The van der Waals surface area contributed by atoms with Crippen LogP contribution in [-0.2, 0) is 9.47 Å². The Hall–Kier alpha value is 0.257. The van der Waals surface area contributed by atoms with Crippen molar-refractivity contribution >= 4 is 0 Å². The average molecular weight is 174 g/mol. The van der Waals surface area contributed by atoms with Crippen molar-refractivity contribution in [2.75, 3.05) is 7.11 Å². The second-order valence-electron chi connectivity index (χ2n) is 3.76. The van der Waals surface area contributed by atoms with Gasteiger partial charge in [-0.25, -0.2) is 0 Å². The first kappa shape index (κ1) is 11.3. The van der Waals surface area contributed by atoms with Gasteiger partial charge in [-0.1, -0.05) is 31.1 Å². The Morgan fingerprint density at radius 1 is 1.46 bits per heavy atom. The topological polar surface area (TPSA) is 21.8 Å². The Morgan fingerprint density at radius 3 is 2.46 bits per heavy atom. The van der Waals surface area contributed by atoms with E-state index in [1.54, 1.807) is 7.11 Å². The van der Waals surface area contributed by atoms with Gasteiger partial charge in [0, 0.05) is 7.11 Å². The standard InChI is InChI=1S/C10H15O2.Li/c1-4-5-10(11-3)7-6-9(2)8(10)12-9;/h4-5H,6-7H2,1-3H3;/q-1;+1/b5-4+;/t9-,10+;/m0./s1. The molecule has 2 atom stereocenters.